The maximum atomic E-state index is 13.2. The van der Waals surface area contributed by atoms with Crippen LogP contribution in [-0.2, 0) is 16.1 Å². The Bertz CT molecular complexity index is 392. The Balaban J connectivity index is 2.59. The van der Waals surface area contributed by atoms with Gasteiger partial charge in [0.2, 0.25) is 0 Å². The monoisotopic (exact) mass is 317 g/mol. The number of rotatable bonds is 6. The van der Waals surface area contributed by atoms with Gasteiger partial charge in [-0.2, -0.15) is 0 Å². The molecule has 0 fully saturated rings. The van der Waals surface area contributed by atoms with Gasteiger partial charge in [0, 0.05) is 17.6 Å². The lowest BCUT2D eigenvalue weighted by Gasteiger charge is -2.20. The molecule has 0 aliphatic carbocycles. The van der Waals surface area contributed by atoms with Crippen LogP contribution >= 0.6 is 15.9 Å². The first-order chi connectivity index (χ1) is 8.55. The molecule has 5 heteroatoms. The van der Waals surface area contributed by atoms with Gasteiger partial charge in [-0.3, -0.25) is 9.69 Å². The molecule has 3 nitrogen and oxygen atoms in total. The van der Waals surface area contributed by atoms with E-state index >= 15 is 0 Å². The topological polar surface area (TPSA) is 29.5 Å². The van der Waals surface area contributed by atoms with Crippen molar-refractivity contribution in [1.82, 2.24) is 4.90 Å². The van der Waals surface area contributed by atoms with Gasteiger partial charge in [-0.15, -0.1) is 0 Å². The maximum absolute atomic E-state index is 13.2. The summed E-state index contributed by atoms with van der Waals surface area (Å²) >= 11 is 3.27. The van der Waals surface area contributed by atoms with Crippen molar-refractivity contribution < 1.29 is 13.9 Å². The second-order valence-corrected chi connectivity index (χ2v) is 4.89. The van der Waals surface area contributed by atoms with Gasteiger partial charge in [-0.05, 0) is 30.3 Å². The van der Waals surface area contributed by atoms with E-state index in [1.807, 2.05) is 13.0 Å². The number of hydrogen-bond donors (Lipinski definition) is 0. The summed E-state index contributed by atoms with van der Waals surface area (Å²) in [7, 11) is 1.38. The van der Waals surface area contributed by atoms with Crippen molar-refractivity contribution in [3.8, 4) is 0 Å². The molecule has 0 aliphatic heterocycles. The summed E-state index contributed by atoms with van der Waals surface area (Å²) in [6.45, 7) is 4.03. The van der Waals surface area contributed by atoms with Crippen molar-refractivity contribution in [3.63, 3.8) is 0 Å². The molecular formula is C13H17BrFNO2. The van der Waals surface area contributed by atoms with Crippen molar-refractivity contribution in [1.29, 1.82) is 0 Å². The molecule has 0 bridgehead atoms. The Morgan fingerprint density at radius 1 is 1.44 bits per heavy atom. The Labute approximate surface area is 115 Å². The number of ether oxygens (including phenoxy) is 1. The summed E-state index contributed by atoms with van der Waals surface area (Å²) in [6, 6.07) is 4.81. The summed E-state index contributed by atoms with van der Waals surface area (Å²) < 4.78 is 18.6. The minimum absolute atomic E-state index is 0.228. The van der Waals surface area contributed by atoms with E-state index in [-0.39, 0.29) is 11.8 Å². The summed E-state index contributed by atoms with van der Waals surface area (Å²) in [4.78, 5) is 13.1. The number of carbonyl (C=O) groups is 1. The lowest BCUT2D eigenvalue weighted by Crippen LogP contribution is -2.26. The molecule has 1 aromatic rings. The fourth-order valence-electron chi connectivity index (χ4n) is 1.66. The molecule has 100 valence electrons. The lowest BCUT2D eigenvalue weighted by molar-refractivity contribution is -0.141. The van der Waals surface area contributed by atoms with E-state index < -0.39 is 0 Å². The predicted molar refractivity (Wildman–Crippen MR) is 71.7 cm³/mol. The van der Waals surface area contributed by atoms with Crippen molar-refractivity contribution in [3.05, 3.63) is 34.1 Å². The molecule has 18 heavy (non-hydrogen) atoms. The standard InChI is InChI=1S/C13H17BrFNO2/c1-3-16(5-4-13(17)18-2)9-10-6-11(14)8-12(15)7-10/h6-8H,3-5,9H2,1-2H3. The van der Waals surface area contributed by atoms with Crippen LogP contribution in [0.4, 0.5) is 4.39 Å². The first kappa shape index (κ1) is 15.1. The Morgan fingerprint density at radius 3 is 2.72 bits per heavy atom. The van der Waals surface area contributed by atoms with Crippen LogP contribution in [0.5, 0.6) is 0 Å². The van der Waals surface area contributed by atoms with Gasteiger partial charge in [0.1, 0.15) is 5.82 Å². The zero-order chi connectivity index (χ0) is 13.5. The highest BCUT2D eigenvalue weighted by atomic mass is 79.9. The van der Waals surface area contributed by atoms with Crippen molar-refractivity contribution >= 4 is 21.9 Å². The van der Waals surface area contributed by atoms with Gasteiger partial charge in [-0.1, -0.05) is 22.9 Å². The molecule has 0 saturated heterocycles. The highest BCUT2D eigenvalue weighted by Gasteiger charge is 2.08. The van der Waals surface area contributed by atoms with E-state index in [1.54, 1.807) is 0 Å². The average molecular weight is 318 g/mol. The summed E-state index contributed by atoms with van der Waals surface area (Å²) in [5.41, 5.74) is 0.883. The summed E-state index contributed by atoms with van der Waals surface area (Å²) in [5, 5.41) is 0. The van der Waals surface area contributed by atoms with Crippen LogP contribution in [0.1, 0.15) is 18.9 Å². The van der Waals surface area contributed by atoms with Gasteiger partial charge in [0.25, 0.3) is 0 Å². The molecule has 0 amide bonds. The van der Waals surface area contributed by atoms with E-state index in [0.29, 0.717) is 19.5 Å². The van der Waals surface area contributed by atoms with E-state index in [4.69, 9.17) is 0 Å². The smallest absolute Gasteiger partial charge is 0.306 e. The average Bonchev–Trinajstić information content (AvgIpc) is 2.32. The fraction of sp³-hybridized carbons (Fsp3) is 0.462. The van der Waals surface area contributed by atoms with Crippen LogP contribution in [0.2, 0.25) is 0 Å². The molecule has 0 heterocycles. The molecule has 0 aliphatic rings. The number of hydrogen-bond acceptors (Lipinski definition) is 3. The lowest BCUT2D eigenvalue weighted by atomic mass is 10.2. The van der Waals surface area contributed by atoms with Crippen LogP contribution in [0.3, 0.4) is 0 Å². The molecule has 1 aromatic carbocycles. The molecule has 1 rings (SSSR count). The Morgan fingerprint density at radius 2 is 2.17 bits per heavy atom. The van der Waals surface area contributed by atoms with Gasteiger partial charge in [0.05, 0.1) is 13.5 Å². The van der Waals surface area contributed by atoms with Crippen LogP contribution < -0.4 is 0 Å². The van der Waals surface area contributed by atoms with E-state index in [2.05, 4.69) is 25.6 Å². The van der Waals surface area contributed by atoms with E-state index in [0.717, 1.165) is 16.6 Å². The third-order valence-electron chi connectivity index (χ3n) is 2.64. The minimum atomic E-state index is -0.261. The molecule has 0 spiro atoms. The molecule has 0 N–H and O–H groups in total. The first-order valence-electron chi connectivity index (χ1n) is 5.79. The number of nitrogens with zero attached hydrogens (tertiary/aromatic N) is 1. The van der Waals surface area contributed by atoms with Crippen LogP contribution in [0.25, 0.3) is 0 Å². The highest BCUT2D eigenvalue weighted by Crippen LogP contribution is 2.16. The number of methoxy groups -OCH3 is 1. The zero-order valence-electron chi connectivity index (χ0n) is 10.6. The van der Waals surface area contributed by atoms with Gasteiger partial charge in [0.15, 0.2) is 0 Å². The fourth-order valence-corrected chi connectivity index (χ4v) is 2.17. The van der Waals surface area contributed by atoms with Crippen LogP contribution in [0.15, 0.2) is 22.7 Å². The number of carbonyl (C=O) groups excluding carboxylic acids is 1. The van der Waals surface area contributed by atoms with Crippen molar-refractivity contribution in [2.24, 2.45) is 0 Å². The Kier molecular flexibility index (Phi) is 6.29. The third kappa shape index (κ3) is 5.14. The largest absolute Gasteiger partial charge is 0.469 e. The minimum Gasteiger partial charge on any atom is -0.469 e. The Hall–Kier alpha value is -0.940. The third-order valence-corrected chi connectivity index (χ3v) is 3.09. The molecule has 0 radical (unpaired) electrons. The van der Waals surface area contributed by atoms with Crippen molar-refractivity contribution in [2.45, 2.75) is 19.9 Å². The molecule has 0 atom stereocenters. The molecule has 0 aromatic heterocycles. The summed E-state index contributed by atoms with van der Waals surface area (Å²) in [5.74, 6) is -0.489. The zero-order valence-corrected chi connectivity index (χ0v) is 12.2. The van der Waals surface area contributed by atoms with E-state index in [9.17, 15) is 9.18 Å². The second-order valence-electron chi connectivity index (χ2n) is 3.97. The first-order valence-corrected chi connectivity index (χ1v) is 6.58. The number of halogens is 2. The summed E-state index contributed by atoms with van der Waals surface area (Å²) in [6.07, 6.45) is 0.348. The SMILES string of the molecule is CCN(CCC(=O)OC)Cc1cc(F)cc(Br)c1. The number of esters is 1. The quantitative estimate of drug-likeness (QED) is 0.755. The normalized spacial score (nSPS) is 10.7. The van der Waals surface area contributed by atoms with Gasteiger partial charge < -0.3 is 4.74 Å². The second kappa shape index (κ2) is 7.48. The van der Waals surface area contributed by atoms with E-state index in [1.165, 1.54) is 19.2 Å². The van der Waals surface area contributed by atoms with Crippen molar-refractivity contribution in [2.75, 3.05) is 20.2 Å². The predicted octanol–water partition coefficient (Wildman–Crippen LogP) is 2.97. The van der Waals surface area contributed by atoms with Gasteiger partial charge in [-0.25, -0.2) is 4.39 Å². The van der Waals surface area contributed by atoms with Crippen LogP contribution in [0, 0.1) is 5.82 Å². The molecular weight excluding hydrogens is 301 g/mol. The molecule has 0 unspecified atom stereocenters. The maximum Gasteiger partial charge on any atom is 0.306 e. The highest BCUT2D eigenvalue weighted by molar-refractivity contribution is 9.10. The number of benzene rings is 1. The van der Waals surface area contributed by atoms with Gasteiger partial charge >= 0.3 is 5.97 Å². The van der Waals surface area contributed by atoms with Crippen LogP contribution in [-0.4, -0.2) is 31.1 Å². The molecule has 0 saturated carbocycles.